The van der Waals surface area contributed by atoms with E-state index in [1.165, 1.54) is 24.3 Å². The number of anilines is 1. The first-order valence-corrected chi connectivity index (χ1v) is 11.0. The molecular weight excluding hydrogens is 373 g/mol. The SMILES string of the molecule is CCC(C(=O)NCCCN1CCOCC1)N(c1ccc(F)cc1)S(C)(=O)=O. The number of halogens is 1. The number of nitrogens with zero attached hydrogens (tertiary/aromatic N) is 2. The number of ether oxygens (including phenoxy) is 1. The van der Waals surface area contributed by atoms with E-state index in [0.717, 1.165) is 49.8 Å². The van der Waals surface area contributed by atoms with Crippen molar-refractivity contribution in [1.82, 2.24) is 10.2 Å². The summed E-state index contributed by atoms with van der Waals surface area (Å²) in [7, 11) is -3.71. The summed E-state index contributed by atoms with van der Waals surface area (Å²) in [5.41, 5.74) is 0.272. The van der Waals surface area contributed by atoms with Crippen LogP contribution >= 0.6 is 0 Å². The van der Waals surface area contributed by atoms with Gasteiger partial charge in [-0.05, 0) is 43.7 Å². The fourth-order valence-electron chi connectivity index (χ4n) is 3.11. The summed E-state index contributed by atoms with van der Waals surface area (Å²) < 4.78 is 44.1. The molecule has 1 N–H and O–H groups in total. The van der Waals surface area contributed by atoms with Gasteiger partial charge in [0.25, 0.3) is 0 Å². The maximum atomic E-state index is 13.2. The molecule has 2 rings (SSSR count). The van der Waals surface area contributed by atoms with Crippen molar-refractivity contribution in [3.63, 3.8) is 0 Å². The van der Waals surface area contributed by atoms with E-state index in [2.05, 4.69) is 10.2 Å². The fraction of sp³-hybridized carbons (Fsp3) is 0.611. The van der Waals surface area contributed by atoms with Crippen LogP contribution in [0.3, 0.4) is 0 Å². The van der Waals surface area contributed by atoms with Crippen molar-refractivity contribution in [2.24, 2.45) is 0 Å². The van der Waals surface area contributed by atoms with E-state index in [9.17, 15) is 17.6 Å². The van der Waals surface area contributed by atoms with E-state index < -0.39 is 21.9 Å². The van der Waals surface area contributed by atoms with Crippen LogP contribution in [-0.4, -0.2) is 70.9 Å². The van der Waals surface area contributed by atoms with Gasteiger partial charge in [0.05, 0.1) is 25.2 Å². The fourth-order valence-corrected chi connectivity index (χ4v) is 4.32. The smallest absolute Gasteiger partial charge is 0.243 e. The number of hydrogen-bond acceptors (Lipinski definition) is 5. The van der Waals surface area contributed by atoms with Crippen LogP contribution in [0, 0.1) is 5.82 Å². The van der Waals surface area contributed by atoms with E-state index in [1.54, 1.807) is 6.92 Å². The molecule has 1 aliphatic heterocycles. The molecule has 1 aromatic carbocycles. The Morgan fingerprint density at radius 3 is 2.48 bits per heavy atom. The molecule has 7 nitrogen and oxygen atoms in total. The molecule has 1 saturated heterocycles. The molecule has 0 saturated carbocycles. The van der Waals surface area contributed by atoms with Crippen LogP contribution in [0.4, 0.5) is 10.1 Å². The Bertz CT molecular complexity index is 706. The van der Waals surface area contributed by atoms with Gasteiger partial charge in [0.2, 0.25) is 15.9 Å². The molecule has 1 aliphatic rings. The first-order chi connectivity index (χ1) is 12.8. The molecule has 1 aromatic rings. The van der Waals surface area contributed by atoms with Gasteiger partial charge in [0, 0.05) is 19.6 Å². The third-order valence-electron chi connectivity index (χ3n) is 4.46. The van der Waals surface area contributed by atoms with Crippen LogP contribution in [0.2, 0.25) is 0 Å². The Hall–Kier alpha value is -1.71. The highest BCUT2D eigenvalue weighted by Gasteiger charge is 2.31. The third kappa shape index (κ3) is 6.44. The molecule has 1 atom stereocenters. The zero-order valence-electron chi connectivity index (χ0n) is 15.9. The minimum atomic E-state index is -3.71. The highest BCUT2D eigenvalue weighted by Crippen LogP contribution is 2.22. The number of carbonyl (C=O) groups is 1. The summed E-state index contributed by atoms with van der Waals surface area (Å²) >= 11 is 0. The van der Waals surface area contributed by atoms with Crippen molar-refractivity contribution in [3.05, 3.63) is 30.1 Å². The molecule has 27 heavy (non-hydrogen) atoms. The number of carbonyl (C=O) groups excluding carboxylic acids is 1. The average Bonchev–Trinajstić information content (AvgIpc) is 2.64. The maximum Gasteiger partial charge on any atom is 0.243 e. The number of nitrogens with one attached hydrogen (secondary N) is 1. The first kappa shape index (κ1) is 21.6. The predicted octanol–water partition coefficient (Wildman–Crippen LogP) is 1.21. The number of rotatable bonds is 9. The van der Waals surface area contributed by atoms with Crippen molar-refractivity contribution < 1.29 is 22.3 Å². The summed E-state index contributed by atoms with van der Waals surface area (Å²) in [6, 6.07) is 4.21. The zero-order valence-corrected chi connectivity index (χ0v) is 16.7. The highest BCUT2D eigenvalue weighted by atomic mass is 32.2. The van der Waals surface area contributed by atoms with E-state index >= 15 is 0 Å². The van der Waals surface area contributed by atoms with Gasteiger partial charge in [-0.2, -0.15) is 0 Å². The van der Waals surface area contributed by atoms with Gasteiger partial charge in [-0.15, -0.1) is 0 Å². The van der Waals surface area contributed by atoms with Crippen molar-refractivity contribution in [1.29, 1.82) is 0 Å². The Balaban J connectivity index is 1.98. The largest absolute Gasteiger partial charge is 0.379 e. The lowest BCUT2D eigenvalue weighted by atomic mass is 10.2. The van der Waals surface area contributed by atoms with Crippen LogP contribution in [0.25, 0.3) is 0 Å². The second kappa shape index (κ2) is 10.0. The molecule has 1 unspecified atom stereocenters. The molecule has 0 aromatic heterocycles. The van der Waals surface area contributed by atoms with Crippen molar-refractivity contribution in [2.45, 2.75) is 25.8 Å². The van der Waals surface area contributed by atoms with Crippen LogP contribution in [0.5, 0.6) is 0 Å². The van der Waals surface area contributed by atoms with E-state index in [4.69, 9.17) is 4.74 Å². The minimum Gasteiger partial charge on any atom is -0.379 e. The molecular formula is C18H28FN3O4S. The lowest BCUT2D eigenvalue weighted by Crippen LogP contribution is -2.49. The normalized spacial score (nSPS) is 16.7. The summed E-state index contributed by atoms with van der Waals surface area (Å²) in [6.07, 6.45) is 2.13. The van der Waals surface area contributed by atoms with Crippen molar-refractivity contribution in [3.8, 4) is 0 Å². The number of benzene rings is 1. The number of morpholine rings is 1. The Morgan fingerprint density at radius 1 is 1.30 bits per heavy atom. The third-order valence-corrected chi connectivity index (χ3v) is 5.64. The first-order valence-electron chi connectivity index (χ1n) is 9.15. The lowest BCUT2D eigenvalue weighted by molar-refractivity contribution is -0.122. The van der Waals surface area contributed by atoms with Gasteiger partial charge in [-0.3, -0.25) is 14.0 Å². The molecule has 1 amide bonds. The van der Waals surface area contributed by atoms with Crippen molar-refractivity contribution >= 4 is 21.6 Å². The topological polar surface area (TPSA) is 79.0 Å². The minimum absolute atomic E-state index is 0.272. The van der Waals surface area contributed by atoms with Crippen LogP contribution in [0.1, 0.15) is 19.8 Å². The molecule has 0 bridgehead atoms. The zero-order chi connectivity index (χ0) is 19.9. The van der Waals surface area contributed by atoms with Crippen molar-refractivity contribution in [2.75, 3.05) is 50.0 Å². The highest BCUT2D eigenvalue weighted by molar-refractivity contribution is 7.92. The number of amides is 1. The number of hydrogen-bond donors (Lipinski definition) is 1. The summed E-state index contributed by atoms with van der Waals surface area (Å²) in [5.74, 6) is -0.818. The standard InChI is InChI=1S/C18H28FN3O4S/c1-3-17(18(23)20-9-4-10-21-11-13-26-14-12-21)22(27(2,24)25)16-7-5-15(19)6-8-16/h5-8,17H,3-4,9-14H2,1-2H3,(H,20,23). The number of sulfonamides is 1. The summed E-state index contributed by atoms with van der Waals surface area (Å²) in [5, 5.41) is 2.83. The molecule has 0 spiro atoms. The molecule has 0 aliphatic carbocycles. The Kier molecular flexibility index (Phi) is 8.00. The molecule has 0 radical (unpaired) electrons. The van der Waals surface area contributed by atoms with Gasteiger partial charge in [0.1, 0.15) is 11.9 Å². The quantitative estimate of drug-likeness (QED) is 0.630. The van der Waals surface area contributed by atoms with Gasteiger partial charge in [-0.1, -0.05) is 6.92 Å². The monoisotopic (exact) mass is 401 g/mol. The van der Waals surface area contributed by atoms with Crippen LogP contribution < -0.4 is 9.62 Å². The molecule has 9 heteroatoms. The second-order valence-electron chi connectivity index (χ2n) is 6.56. The Labute approximate surface area is 160 Å². The average molecular weight is 402 g/mol. The van der Waals surface area contributed by atoms with Gasteiger partial charge < -0.3 is 10.1 Å². The van der Waals surface area contributed by atoms with Gasteiger partial charge in [0.15, 0.2) is 0 Å². The van der Waals surface area contributed by atoms with E-state index in [0.29, 0.717) is 13.0 Å². The lowest BCUT2D eigenvalue weighted by Gasteiger charge is -2.30. The van der Waals surface area contributed by atoms with Crippen LogP contribution in [-0.2, 0) is 19.6 Å². The predicted molar refractivity (Wildman–Crippen MR) is 103 cm³/mol. The van der Waals surface area contributed by atoms with Gasteiger partial charge >= 0.3 is 0 Å². The Morgan fingerprint density at radius 2 is 1.93 bits per heavy atom. The molecule has 1 heterocycles. The second-order valence-corrected chi connectivity index (χ2v) is 8.42. The van der Waals surface area contributed by atoms with Crippen LogP contribution in [0.15, 0.2) is 24.3 Å². The molecule has 1 fully saturated rings. The van der Waals surface area contributed by atoms with E-state index in [-0.39, 0.29) is 11.6 Å². The molecule has 152 valence electrons. The maximum absolute atomic E-state index is 13.2. The van der Waals surface area contributed by atoms with Gasteiger partial charge in [-0.25, -0.2) is 12.8 Å². The summed E-state index contributed by atoms with van der Waals surface area (Å²) in [6.45, 7) is 6.30. The summed E-state index contributed by atoms with van der Waals surface area (Å²) in [4.78, 5) is 14.9. The van der Waals surface area contributed by atoms with E-state index in [1.807, 2.05) is 0 Å².